The fourth-order valence-electron chi connectivity index (χ4n) is 1.83. The van der Waals surface area contributed by atoms with Crippen LogP contribution in [0.4, 0.5) is 0 Å². The van der Waals surface area contributed by atoms with Gasteiger partial charge in [0, 0.05) is 5.92 Å². The summed E-state index contributed by atoms with van der Waals surface area (Å²) in [7, 11) is 0. The molecule has 0 spiro atoms. The molecule has 0 amide bonds. The average Bonchev–Trinajstić information content (AvgIpc) is 2.25. The summed E-state index contributed by atoms with van der Waals surface area (Å²) >= 11 is 0. The molecule has 1 atom stereocenters. The van der Waals surface area contributed by atoms with Gasteiger partial charge in [-0.3, -0.25) is 0 Å². The Morgan fingerprint density at radius 3 is 2.29 bits per heavy atom. The van der Waals surface area contributed by atoms with Crippen LogP contribution in [0.3, 0.4) is 0 Å². The van der Waals surface area contributed by atoms with E-state index in [1.807, 2.05) is 0 Å². The van der Waals surface area contributed by atoms with E-state index in [4.69, 9.17) is 15.6 Å². The molecule has 1 aromatic rings. The largest absolute Gasteiger partial charge is 0.508 e. The molecule has 0 bridgehead atoms. The van der Waals surface area contributed by atoms with Crippen LogP contribution in [0.25, 0.3) is 0 Å². The van der Waals surface area contributed by atoms with Crippen molar-refractivity contribution in [3.63, 3.8) is 0 Å². The molecule has 3 N–H and O–H groups in total. The molecule has 0 aromatic heterocycles. The van der Waals surface area contributed by atoms with Crippen molar-refractivity contribution in [2.45, 2.75) is 27.2 Å². The van der Waals surface area contributed by atoms with Crippen molar-refractivity contribution in [3.05, 3.63) is 24.3 Å². The third-order valence-corrected chi connectivity index (χ3v) is 2.56. The fourth-order valence-corrected chi connectivity index (χ4v) is 1.83. The maximum Gasteiger partial charge on any atom is 0.119 e. The minimum Gasteiger partial charge on any atom is -0.508 e. The Labute approximate surface area is 104 Å². The highest BCUT2D eigenvalue weighted by atomic mass is 16.5. The molecule has 1 rings (SSSR count). The number of phenolic OH excluding ortho intramolecular Hbond substituents is 1. The highest BCUT2D eigenvalue weighted by Gasteiger charge is 2.18. The fraction of sp³-hybridized carbons (Fsp3) is 0.571. The SMILES string of the molecule is CC(C)(C)CC(CN)COc1ccc(O)cc1. The summed E-state index contributed by atoms with van der Waals surface area (Å²) in [5.74, 6) is 1.39. The molecule has 0 radical (unpaired) electrons. The molecule has 3 nitrogen and oxygen atoms in total. The molecule has 0 heterocycles. The molecule has 0 aliphatic rings. The van der Waals surface area contributed by atoms with E-state index in [0.29, 0.717) is 19.1 Å². The first-order valence-electron chi connectivity index (χ1n) is 6.02. The lowest BCUT2D eigenvalue weighted by molar-refractivity contribution is 0.199. The van der Waals surface area contributed by atoms with E-state index in [0.717, 1.165) is 12.2 Å². The Morgan fingerprint density at radius 1 is 1.24 bits per heavy atom. The van der Waals surface area contributed by atoms with E-state index in [9.17, 15) is 0 Å². The number of rotatable bonds is 5. The van der Waals surface area contributed by atoms with Crippen LogP contribution < -0.4 is 10.5 Å². The maximum absolute atomic E-state index is 9.16. The molecule has 0 fully saturated rings. The molecule has 96 valence electrons. The molecule has 0 saturated heterocycles. The van der Waals surface area contributed by atoms with Crippen molar-refractivity contribution >= 4 is 0 Å². The summed E-state index contributed by atoms with van der Waals surface area (Å²) < 4.78 is 5.67. The molecule has 17 heavy (non-hydrogen) atoms. The number of ether oxygens (including phenoxy) is 1. The summed E-state index contributed by atoms with van der Waals surface area (Å²) in [5, 5.41) is 9.16. The van der Waals surface area contributed by atoms with Crippen LogP contribution in [0, 0.1) is 11.3 Å². The van der Waals surface area contributed by atoms with Gasteiger partial charge in [-0.05, 0) is 42.6 Å². The van der Waals surface area contributed by atoms with Gasteiger partial charge in [0.1, 0.15) is 11.5 Å². The Balaban J connectivity index is 2.45. The van der Waals surface area contributed by atoms with E-state index < -0.39 is 0 Å². The van der Waals surface area contributed by atoms with Crippen LogP contribution in [-0.4, -0.2) is 18.3 Å². The van der Waals surface area contributed by atoms with Gasteiger partial charge < -0.3 is 15.6 Å². The number of hydrogen-bond acceptors (Lipinski definition) is 3. The Kier molecular flexibility index (Phi) is 4.82. The van der Waals surface area contributed by atoms with Gasteiger partial charge in [-0.1, -0.05) is 20.8 Å². The van der Waals surface area contributed by atoms with Crippen LogP contribution in [0.15, 0.2) is 24.3 Å². The highest BCUT2D eigenvalue weighted by molar-refractivity contribution is 5.30. The minimum absolute atomic E-state index is 0.252. The van der Waals surface area contributed by atoms with E-state index in [1.165, 1.54) is 0 Å². The molecule has 1 aromatic carbocycles. The predicted molar refractivity (Wildman–Crippen MR) is 70.2 cm³/mol. The van der Waals surface area contributed by atoms with Crippen LogP contribution in [0.5, 0.6) is 11.5 Å². The van der Waals surface area contributed by atoms with Gasteiger partial charge in [-0.15, -0.1) is 0 Å². The number of phenols is 1. The Morgan fingerprint density at radius 2 is 1.82 bits per heavy atom. The van der Waals surface area contributed by atoms with Crippen molar-refractivity contribution in [2.24, 2.45) is 17.1 Å². The van der Waals surface area contributed by atoms with E-state index in [2.05, 4.69) is 20.8 Å². The third kappa shape index (κ3) is 5.59. The second-order valence-electron chi connectivity index (χ2n) is 5.67. The number of benzene rings is 1. The van der Waals surface area contributed by atoms with Gasteiger partial charge in [-0.25, -0.2) is 0 Å². The standard InChI is InChI=1S/C14H23NO2/c1-14(2,3)8-11(9-15)10-17-13-6-4-12(16)5-7-13/h4-7,11,16H,8-10,15H2,1-3H3. The molecular weight excluding hydrogens is 214 g/mol. The molecule has 0 saturated carbocycles. The van der Waals surface area contributed by atoms with Gasteiger partial charge in [-0.2, -0.15) is 0 Å². The van der Waals surface area contributed by atoms with Crippen LogP contribution in [0.2, 0.25) is 0 Å². The molecule has 1 unspecified atom stereocenters. The van der Waals surface area contributed by atoms with E-state index >= 15 is 0 Å². The van der Waals surface area contributed by atoms with Crippen molar-refractivity contribution in [1.29, 1.82) is 0 Å². The van der Waals surface area contributed by atoms with Crippen molar-refractivity contribution in [1.82, 2.24) is 0 Å². The smallest absolute Gasteiger partial charge is 0.119 e. The molecule has 3 heteroatoms. The first kappa shape index (κ1) is 13.8. The normalized spacial score (nSPS) is 13.4. The summed E-state index contributed by atoms with van der Waals surface area (Å²) in [4.78, 5) is 0. The van der Waals surface area contributed by atoms with Gasteiger partial charge in [0.15, 0.2) is 0 Å². The Hall–Kier alpha value is -1.22. The van der Waals surface area contributed by atoms with E-state index in [1.54, 1.807) is 24.3 Å². The van der Waals surface area contributed by atoms with Crippen molar-refractivity contribution < 1.29 is 9.84 Å². The van der Waals surface area contributed by atoms with Crippen LogP contribution in [0.1, 0.15) is 27.2 Å². The summed E-state index contributed by atoms with van der Waals surface area (Å²) in [6, 6.07) is 6.77. The second kappa shape index (κ2) is 5.92. The zero-order valence-corrected chi connectivity index (χ0v) is 10.9. The summed E-state index contributed by atoms with van der Waals surface area (Å²) in [6.07, 6.45) is 1.04. The highest BCUT2D eigenvalue weighted by Crippen LogP contribution is 2.25. The van der Waals surface area contributed by atoms with Gasteiger partial charge in [0.05, 0.1) is 6.61 Å². The first-order chi connectivity index (χ1) is 7.90. The number of aromatic hydroxyl groups is 1. The number of hydrogen-bond donors (Lipinski definition) is 2. The topological polar surface area (TPSA) is 55.5 Å². The summed E-state index contributed by atoms with van der Waals surface area (Å²) in [6.45, 7) is 7.87. The van der Waals surface area contributed by atoms with Crippen molar-refractivity contribution in [3.8, 4) is 11.5 Å². The van der Waals surface area contributed by atoms with E-state index in [-0.39, 0.29) is 11.2 Å². The zero-order chi connectivity index (χ0) is 12.9. The lowest BCUT2D eigenvalue weighted by Crippen LogP contribution is -2.26. The first-order valence-corrected chi connectivity index (χ1v) is 6.02. The molecule has 0 aliphatic carbocycles. The monoisotopic (exact) mass is 237 g/mol. The summed E-state index contributed by atoms with van der Waals surface area (Å²) in [5.41, 5.74) is 6.01. The lowest BCUT2D eigenvalue weighted by Gasteiger charge is -2.25. The van der Waals surface area contributed by atoms with Gasteiger partial charge >= 0.3 is 0 Å². The maximum atomic E-state index is 9.16. The van der Waals surface area contributed by atoms with Crippen LogP contribution >= 0.6 is 0 Å². The molecule has 0 aliphatic heterocycles. The Bertz CT molecular complexity index is 327. The van der Waals surface area contributed by atoms with Gasteiger partial charge in [0.2, 0.25) is 0 Å². The zero-order valence-electron chi connectivity index (χ0n) is 10.9. The minimum atomic E-state index is 0.252. The van der Waals surface area contributed by atoms with Crippen molar-refractivity contribution in [2.75, 3.05) is 13.2 Å². The lowest BCUT2D eigenvalue weighted by atomic mass is 9.85. The molecular formula is C14H23NO2. The average molecular weight is 237 g/mol. The number of nitrogens with two attached hydrogens (primary N) is 1. The second-order valence-corrected chi connectivity index (χ2v) is 5.67. The third-order valence-electron chi connectivity index (χ3n) is 2.56. The van der Waals surface area contributed by atoms with Gasteiger partial charge in [0.25, 0.3) is 0 Å². The quantitative estimate of drug-likeness (QED) is 0.828. The van der Waals surface area contributed by atoms with Crippen LogP contribution in [-0.2, 0) is 0 Å². The predicted octanol–water partition coefficient (Wildman–Crippen LogP) is 2.78.